The SMILES string of the molecule is COOSc1ccc2nc(C)n(C)c(=O)c2c1. The smallest absolute Gasteiger partial charge is 0.261 e. The largest absolute Gasteiger partial charge is 0.299 e. The summed E-state index contributed by atoms with van der Waals surface area (Å²) in [6.07, 6.45) is 0. The molecule has 90 valence electrons. The van der Waals surface area contributed by atoms with E-state index in [4.69, 9.17) is 4.33 Å². The Morgan fingerprint density at radius 2 is 2.18 bits per heavy atom. The Morgan fingerprint density at radius 3 is 2.88 bits per heavy atom. The summed E-state index contributed by atoms with van der Waals surface area (Å²) in [7, 11) is 3.13. The second-order valence-corrected chi connectivity index (χ2v) is 4.29. The van der Waals surface area contributed by atoms with Gasteiger partial charge in [0.25, 0.3) is 5.56 Å². The first kappa shape index (κ1) is 12.1. The minimum Gasteiger partial charge on any atom is -0.299 e. The molecule has 0 radical (unpaired) electrons. The van der Waals surface area contributed by atoms with Crippen LogP contribution in [0.15, 0.2) is 27.9 Å². The second kappa shape index (κ2) is 4.87. The fourth-order valence-electron chi connectivity index (χ4n) is 1.49. The fraction of sp³-hybridized carbons (Fsp3) is 0.273. The van der Waals surface area contributed by atoms with Crippen molar-refractivity contribution in [3.05, 3.63) is 34.4 Å². The van der Waals surface area contributed by atoms with Crippen LogP contribution in [-0.4, -0.2) is 16.7 Å². The lowest BCUT2D eigenvalue weighted by atomic mass is 10.2. The maximum absolute atomic E-state index is 12.0. The quantitative estimate of drug-likeness (QED) is 0.474. The number of rotatable bonds is 3. The normalized spacial score (nSPS) is 11.0. The number of aromatic nitrogens is 2. The van der Waals surface area contributed by atoms with Crippen LogP contribution in [0.1, 0.15) is 5.82 Å². The Hall–Kier alpha value is -1.37. The average molecular weight is 252 g/mol. The molecular formula is C11H12N2O3S. The third kappa shape index (κ3) is 2.33. The minimum absolute atomic E-state index is 0.0626. The van der Waals surface area contributed by atoms with Crippen LogP contribution in [0.5, 0.6) is 0 Å². The third-order valence-corrected chi connectivity index (χ3v) is 3.12. The van der Waals surface area contributed by atoms with E-state index in [9.17, 15) is 4.79 Å². The monoisotopic (exact) mass is 252 g/mol. The van der Waals surface area contributed by atoms with Gasteiger partial charge in [0.2, 0.25) is 0 Å². The average Bonchev–Trinajstić information content (AvgIpc) is 2.34. The summed E-state index contributed by atoms with van der Waals surface area (Å²) in [5.74, 6) is 0.691. The lowest BCUT2D eigenvalue weighted by Crippen LogP contribution is -2.20. The zero-order valence-electron chi connectivity index (χ0n) is 9.76. The van der Waals surface area contributed by atoms with Crippen LogP contribution in [0.25, 0.3) is 10.9 Å². The molecule has 1 aromatic heterocycles. The summed E-state index contributed by atoms with van der Waals surface area (Å²) in [5, 5.41) is 0.572. The van der Waals surface area contributed by atoms with Gasteiger partial charge in [0.1, 0.15) is 5.82 Å². The van der Waals surface area contributed by atoms with Gasteiger partial charge in [0, 0.05) is 11.9 Å². The molecule has 2 rings (SSSR count). The number of benzene rings is 1. The van der Waals surface area contributed by atoms with E-state index >= 15 is 0 Å². The van der Waals surface area contributed by atoms with Crippen LogP contribution in [0.3, 0.4) is 0 Å². The van der Waals surface area contributed by atoms with Crippen LogP contribution in [0.4, 0.5) is 0 Å². The molecule has 17 heavy (non-hydrogen) atoms. The molecule has 0 N–H and O–H groups in total. The molecule has 5 nitrogen and oxygen atoms in total. The molecule has 0 saturated carbocycles. The number of fused-ring (bicyclic) bond motifs is 1. The van der Waals surface area contributed by atoms with Crippen LogP contribution in [0, 0.1) is 6.92 Å². The first-order valence-corrected chi connectivity index (χ1v) is 5.72. The van der Waals surface area contributed by atoms with Gasteiger partial charge in [-0.1, -0.05) is 0 Å². The van der Waals surface area contributed by atoms with Crippen LogP contribution in [-0.2, 0) is 16.3 Å². The van der Waals surface area contributed by atoms with Gasteiger partial charge in [-0.15, -0.1) is 0 Å². The van der Waals surface area contributed by atoms with E-state index < -0.39 is 0 Å². The van der Waals surface area contributed by atoms with Crippen molar-refractivity contribution in [2.24, 2.45) is 7.05 Å². The maximum Gasteiger partial charge on any atom is 0.261 e. The van der Waals surface area contributed by atoms with Crippen molar-refractivity contribution in [3.8, 4) is 0 Å². The molecule has 0 bridgehead atoms. The van der Waals surface area contributed by atoms with Crippen molar-refractivity contribution >= 4 is 22.9 Å². The summed E-state index contributed by atoms with van der Waals surface area (Å²) in [6.45, 7) is 1.80. The summed E-state index contributed by atoms with van der Waals surface area (Å²) < 4.78 is 6.27. The zero-order valence-corrected chi connectivity index (χ0v) is 10.6. The summed E-state index contributed by atoms with van der Waals surface area (Å²) in [4.78, 5) is 21.6. The topological polar surface area (TPSA) is 53.4 Å². The Kier molecular flexibility index (Phi) is 3.46. The molecule has 1 aromatic carbocycles. The molecule has 0 atom stereocenters. The van der Waals surface area contributed by atoms with Crippen molar-refractivity contribution in [2.75, 3.05) is 7.11 Å². The van der Waals surface area contributed by atoms with Gasteiger partial charge in [-0.25, -0.2) is 9.87 Å². The van der Waals surface area contributed by atoms with E-state index in [1.54, 1.807) is 26.1 Å². The Balaban J connectivity index is 2.57. The molecule has 0 aliphatic heterocycles. The Bertz CT molecular complexity index is 609. The predicted octanol–water partition coefficient (Wildman–Crippen LogP) is 1.83. The number of hydrogen-bond acceptors (Lipinski definition) is 5. The van der Waals surface area contributed by atoms with Gasteiger partial charge in [0.05, 0.1) is 30.1 Å². The summed E-state index contributed by atoms with van der Waals surface area (Å²) in [5.41, 5.74) is 0.625. The van der Waals surface area contributed by atoms with Gasteiger partial charge in [-0.2, -0.15) is 4.33 Å². The number of aryl methyl sites for hydroxylation is 1. The van der Waals surface area contributed by atoms with Gasteiger partial charge < -0.3 is 0 Å². The zero-order chi connectivity index (χ0) is 12.4. The molecule has 0 saturated heterocycles. The van der Waals surface area contributed by atoms with Gasteiger partial charge in [-0.05, 0) is 25.1 Å². The Morgan fingerprint density at radius 1 is 1.41 bits per heavy atom. The summed E-state index contributed by atoms with van der Waals surface area (Å²) in [6, 6.07) is 5.37. The van der Waals surface area contributed by atoms with E-state index in [0.717, 1.165) is 16.9 Å². The molecule has 0 fully saturated rings. The highest BCUT2D eigenvalue weighted by molar-refractivity contribution is 7.94. The summed E-state index contributed by atoms with van der Waals surface area (Å²) >= 11 is 1.06. The standard InChI is InChI=1S/C11H12N2O3S/c1-7-12-10-5-4-8(17-16-15-3)6-9(10)11(14)13(7)2/h4-6H,1-3H3. The fourth-order valence-corrected chi connectivity index (χ4v) is 1.92. The number of hydrogen-bond donors (Lipinski definition) is 0. The first-order valence-electron chi connectivity index (χ1n) is 4.98. The van der Waals surface area contributed by atoms with Gasteiger partial charge in [0.15, 0.2) is 0 Å². The van der Waals surface area contributed by atoms with Crippen molar-refractivity contribution in [2.45, 2.75) is 11.8 Å². The molecule has 0 amide bonds. The molecule has 6 heteroatoms. The van der Waals surface area contributed by atoms with E-state index in [1.807, 2.05) is 6.07 Å². The van der Waals surface area contributed by atoms with Crippen LogP contribution in [0.2, 0.25) is 0 Å². The predicted molar refractivity (Wildman–Crippen MR) is 65.7 cm³/mol. The van der Waals surface area contributed by atoms with E-state index in [-0.39, 0.29) is 5.56 Å². The van der Waals surface area contributed by atoms with Crippen molar-refractivity contribution in [3.63, 3.8) is 0 Å². The van der Waals surface area contributed by atoms with E-state index in [2.05, 4.69) is 9.87 Å². The van der Waals surface area contributed by atoms with Crippen molar-refractivity contribution < 1.29 is 9.22 Å². The maximum atomic E-state index is 12.0. The second-order valence-electron chi connectivity index (χ2n) is 3.52. The van der Waals surface area contributed by atoms with E-state index in [0.29, 0.717) is 16.7 Å². The Labute approximate surface area is 103 Å². The molecule has 0 aliphatic rings. The molecule has 0 unspecified atom stereocenters. The highest BCUT2D eigenvalue weighted by Gasteiger charge is 2.06. The van der Waals surface area contributed by atoms with Crippen LogP contribution >= 0.6 is 12.0 Å². The van der Waals surface area contributed by atoms with Gasteiger partial charge in [-0.3, -0.25) is 9.36 Å². The highest BCUT2D eigenvalue weighted by atomic mass is 32.2. The van der Waals surface area contributed by atoms with E-state index in [1.165, 1.54) is 11.7 Å². The lowest BCUT2D eigenvalue weighted by Gasteiger charge is -2.06. The van der Waals surface area contributed by atoms with Crippen LogP contribution < -0.4 is 5.56 Å². The minimum atomic E-state index is -0.0626. The van der Waals surface area contributed by atoms with Crippen molar-refractivity contribution in [1.29, 1.82) is 0 Å². The third-order valence-electron chi connectivity index (χ3n) is 2.47. The van der Waals surface area contributed by atoms with Crippen molar-refractivity contribution in [1.82, 2.24) is 9.55 Å². The number of nitrogens with zero attached hydrogens (tertiary/aromatic N) is 2. The molecule has 0 aliphatic carbocycles. The molecule has 0 spiro atoms. The van der Waals surface area contributed by atoms with Gasteiger partial charge >= 0.3 is 0 Å². The molecule has 2 aromatic rings. The first-order chi connectivity index (χ1) is 8.13. The highest BCUT2D eigenvalue weighted by Crippen LogP contribution is 2.22. The molecule has 1 heterocycles. The lowest BCUT2D eigenvalue weighted by molar-refractivity contribution is -0.160. The molecular weight excluding hydrogens is 240 g/mol.